The Balaban J connectivity index is 3.62. The zero-order valence-electron chi connectivity index (χ0n) is 6.92. The van der Waals surface area contributed by atoms with E-state index in [0.717, 1.165) is 6.08 Å². The lowest BCUT2D eigenvalue weighted by Gasteiger charge is -2.02. The SMILES string of the molecule is O=C=Nc1cc(F)c(F)c(C(=O)O)c1F. The largest absolute Gasteiger partial charge is 0.477 e. The quantitative estimate of drug-likeness (QED) is 0.466. The first-order valence-corrected chi connectivity index (χ1v) is 3.47. The van der Waals surface area contributed by atoms with Gasteiger partial charge >= 0.3 is 5.97 Å². The van der Waals surface area contributed by atoms with E-state index in [1.807, 2.05) is 0 Å². The second-order valence-electron chi connectivity index (χ2n) is 2.39. The monoisotopic (exact) mass is 217 g/mol. The van der Waals surface area contributed by atoms with Crippen molar-refractivity contribution in [2.75, 3.05) is 0 Å². The maximum Gasteiger partial charge on any atom is 0.341 e. The van der Waals surface area contributed by atoms with Gasteiger partial charge in [-0.1, -0.05) is 0 Å². The number of aliphatic imine (C=N–C) groups is 1. The van der Waals surface area contributed by atoms with Crippen molar-refractivity contribution in [1.29, 1.82) is 0 Å². The molecule has 78 valence electrons. The van der Waals surface area contributed by atoms with E-state index in [4.69, 9.17) is 5.11 Å². The van der Waals surface area contributed by atoms with Crippen LogP contribution in [0, 0.1) is 17.5 Å². The van der Waals surface area contributed by atoms with Gasteiger partial charge in [-0.05, 0) is 0 Å². The maximum atomic E-state index is 13.1. The van der Waals surface area contributed by atoms with Crippen molar-refractivity contribution in [1.82, 2.24) is 0 Å². The molecule has 0 aliphatic heterocycles. The molecule has 0 atom stereocenters. The molecule has 4 nitrogen and oxygen atoms in total. The van der Waals surface area contributed by atoms with Crippen molar-refractivity contribution in [2.45, 2.75) is 0 Å². The topological polar surface area (TPSA) is 66.7 Å². The average Bonchev–Trinajstić information content (AvgIpc) is 2.14. The third kappa shape index (κ3) is 1.87. The zero-order valence-corrected chi connectivity index (χ0v) is 6.92. The van der Waals surface area contributed by atoms with Crippen molar-refractivity contribution < 1.29 is 27.9 Å². The molecule has 1 N–H and O–H groups in total. The van der Waals surface area contributed by atoms with Crippen molar-refractivity contribution in [3.63, 3.8) is 0 Å². The molecule has 0 aliphatic rings. The van der Waals surface area contributed by atoms with Gasteiger partial charge in [0.25, 0.3) is 0 Å². The summed E-state index contributed by atoms with van der Waals surface area (Å²) >= 11 is 0. The van der Waals surface area contributed by atoms with E-state index >= 15 is 0 Å². The van der Waals surface area contributed by atoms with Crippen LogP contribution in [-0.4, -0.2) is 17.2 Å². The number of aromatic carboxylic acids is 1. The minimum Gasteiger partial charge on any atom is -0.477 e. The molecule has 0 radical (unpaired) electrons. The number of halogens is 3. The van der Waals surface area contributed by atoms with E-state index in [1.54, 1.807) is 0 Å². The first-order valence-electron chi connectivity index (χ1n) is 3.47. The molecule has 0 spiro atoms. The second kappa shape index (κ2) is 3.93. The fourth-order valence-electron chi connectivity index (χ4n) is 0.909. The molecule has 1 rings (SSSR count). The Kier molecular flexibility index (Phi) is 2.87. The molecule has 0 heterocycles. The Hall–Kier alpha value is -2.14. The van der Waals surface area contributed by atoms with Crippen molar-refractivity contribution in [3.05, 3.63) is 29.1 Å². The molecule has 0 unspecified atom stereocenters. The van der Waals surface area contributed by atoms with Crippen LogP contribution in [0.2, 0.25) is 0 Å². The highest BCUT2D eigenvalue weighted by atomic mass is 19.2. The molecule has 7 heteroatoms. The number of hydrogen-bond donors (Lipinski definition) is 1. The average molecular weight is 217 g/mol. The summed E-state index contributed by atoms with van der Waals surface area (Å²) in [5.74, 6) is -7.07. The fraction of sp³-hybridized carbons (Fsp3) is 0. The van der Waals surface area contributed by atoms with Gasteiger partial charge in [0.2, 0.25) is 6.08 Å². The van der Waals surface area contributed by atoms with Crippen LogP contribution in [0.5, 0.6) is 0 Å². The van der Waals surface area contributed by atoms with Gasteiger partial charge in [0.15, 0.2) is 17.5 Å². The third-order valence-corrected chi connectivity index (χ3v) is 1.52. The number of carbonyl (C=O) groups excluding carboxylic acids is 1. The van der Waals surface area contributed by atoms with Gasteiger partial charge in [0.1, 0.15) is 11.3 Å². The molecule has 0 saturated carbocycles. The normalized spacial score (nSPS) is 9.53. The number of carboxylic acids is 1. The standard InChI is InChI=1S/C8H2F3NO3/c9-3-1-4(12-2-13)7(11)5(6(3)10)8(14)15/h1H,(H,14,15). The number of benzene rings is 1. The lowest BCUT2D eigenvalue weighted by molar-refractivity contribution is 0.0685. The van der Waals surface area contributed by atoms with Crippen molar-refractivity contribution in [3.8, 4) is 0 Å². The Morgan fingerprint density at radius 1 is 1.33 bits per heavy atom. The first kappa shape index (κ1) is 10.9. The van der Waals surface area contributed by atoms with Crippen LogP contribution in [0.4, 0.5) is 18.9 Å². The van der Waals surface area contributed by atoms with Crippen LogP contribution < -0.4 is 0 Å². The minimum absolute atomic E-state index is 0.266. The van der Waals surface area contributed by atoms with Gasteiger partial charge in [-0.2, -0.15) is 4.99 Å². The predicted octanol–water partition coefficient (Wildman–Crippen LogP) is 1.77. The highest BCUT2D eigenvalue weighted by Crippen LogP contribution is 2.25. The summed E-state index contributed by atoms with van der Waals surface area (Å²) in [5, 5.41) is 8.38. The lowest BCUT2D eigenvalue weighted by atomic mass is 10.1. The first-order chi connectivity index (χ1) is 6.99. The van der Waals surface area contributed by atoms with Gasteiger partial charge in [-0.15, -0.1) is 0 Å². The van der Waals surface area contributed by atoms with Gasteiger partial charge < -0.3 is 5.11 Å². The highest BCUT2D eigenvalue weighted by Gasteiger charge is 2.23. The van der Waals surface area contributed by atoms with E-state index in [0.29, 0.717) is 0 Å². The van der Waals surface area contributed by atoms with E-state index in [1.165, 1.54) is 0 Å². The molecule has 0 saturated heterocycles. The minimum atomic E-state index is -1.99. The molecule has 0 aromatic heterocycles. The van der Waals surface area contributed by atoms with Gasteiger partial charge in [-0.25, -0.2) is 22.8 Å². The fourth-order valence-corrected chi connectivity index (χ4v) is 0.909. The Morgan fingerprint density at radius 2 is 1.93 bits per heavy atom. The van der Waals surface area contributed by atoms with E-state index in [2.05, 4.69) is 4.99 Å². The molecular formula is C8H2F3NO3. The predicted molar refractivity (Wildman–Crippen MR) is 41.1 cm³/mol. The number of carboxylic acid groups (broad SMARTS) is 1. The summed E-state index contributed by atoms with van der Waals surface area (Å²) in [6.07, 6.45) is 0.891. The Labute approximate surface area is 80.7 Å². The second-order valence-corrected chi connectivity index (χ2v) is 2.39. The summed E-state index contributed by atoms with van der Waals surface area (Å²) in [6, 6.07) is 0.266. The van der Waals surface area contributed by atoms with Crippen LogP contribution in [0.15, 0.2) is 11.1 Å². The van der Waals surface area contributed by atoms with Crippen LogP contribution in [0.3, 0.4) is 0 Å². The zero-order chi connectivity index (χ0) is 11.6. The van der Waals surface area contributed by atoms with Crippen LogP contribution in [0.1, 0.15) is 10.4 Å². The summed E-state index contributed by atoms with van der Waals surface area (Å²) in [4.78, 5) is 22.8. The number of hydrogen-bond acceptors (Lipinski definition) is 3. The molecule has 1 aromatic carbocycles. The van der Waals surface area contributed by atoms with E-state index < -0.39 is 34.7 Å². The van der Waals surface area contributed by atoms with Gasteiger partial charge in [0, 0.05) is 6.07 Å². The molecule has 15 heavy (non-hydrogen) atoms. The Bertz CT molecular complexity index is 481. The summed E-state index contributed by atoms with van der Waals surface area (Å²) in [7, 11) is 0. The molecule has 0 bridgehead atoms. The maximum absolute atomic E-state index is 13.1. The number of rotatable bonds is 2. The third-order valence-electron chi connectivity index (χ3n) is 1.52. The summed E-state index contributed by atoms with van der Waals surface area (Å²) < 4.78 is 38.6. The van der Waals surface area contributed by atoms with Crippen molar-refractivity contribution in [2.24, 2.45) is 4.99 Å². The smallest absolute Gasteiger partial charge is 0.341 e. The lowest BCUT2D eigenvalue weighted by Crippen LogP contribution is -2.06. The summed E-state index contributed by atoms with van der Waals surface area (Å²) in [5.41, 5.74) is -2.41. The summed E-state index contributed by atoms with van der Waals surface area (Å²) in [6.45, 7) is 0. The van der Waals surface area contributed by atoms with E-state index in [-0.39, 0.29) is 6.07 Å². The molecule has 0 fully saturated rings. The number of isocyanates is 1. The van der Waals surface area contributed by atoms with Crippen LogP contribution >= 0.6 is 0 Å². The Morgan fingerprint density at radius 3 is 2.40 bits per heavy atom. The van der Waals surface area contributed by atoms with Crippen LogP contribution in [-0.2, 0) is 4.79 Å². The van der Waals surface area contributed by atoms with E-state index in [9.17, 15) is 22.8 Å². The highest BCUT2D eigenvalue weighted by molar-refractivity contribution is 5.89. The molecular weight excluding hydrogens is 215 g/mol. The van der Waals surface area contributed by atoms with Gasteiger partial charge in [0.05, 0.1) is 0 Å². The van der Waals surface area contributed by atoms with Crippen molar-refractivity contribution >= 4 is 17.7 Å². The van der Waals surface area contributed by atoms with Crippen LogP contribution in [0.25, 0.3) is 0 Å². The molecule has 0 amide bonds. The molecule has 0 aliphatic carbocycles. The molecule has 1 aromatic rings. The number of nitrogens with zero attached hydrogens (tertiary/aromatic N) is 1. The van der Waals surface area contributed by atoms with Gasteiger partial charge in [-0.3, -0.25) is 0 Å². The number of carbonyl (C=O) groups is 1.